The number of aryl methyl sites for hydroxylation is 1. The smallest absolute Gasteiger partial charge is 0.195 e. The van der Waals surface area contributed by atoms with E-state index in [2.05, 4.69) is 15.9 Å². The van der Waals surface area contributed by atoms with Gasteiger partial charge in [0.05, 0.1) is 5.02 Å². The van der Waals surface area contributed by atoms with Gasteiger partial charge in [-0.15, -0.1) is 0 Å². The maximum Gasteiger partial charge on any atom is 0.195 e. The van der Waals surface area contributed by atoms with Crippen LogP contribution >= 0.6 is 39.1 Å². The number of ketones is 1. The monoisotopic (exact) mass is 342 g/mol. The highest BCUT2D eigenvalue weighted by Gasteiger charge is 2.16. The Balaban J connectivity index is 2.51. The van der Waals surface area contributed by atoms with Crippen LogP contribution in [-0.4, -0.2) is 5.78 Å². The summed E-state index contributed by atoms with van der Waals surface area (Å²) in [5.41, 5.74) is 2.05. The second kappa shape index (κ2) is 5.43. The Morgan fingerprint density at radius 3 is 2.50 bits per heavy atom. The highest BCUT2D eigenvalue weighted by molar-refractivity contribution is 9.10. The van der Waals surface area contributed by atoms with Gasteiger partial charge in [-0.05, 0) is 52.7 Å². The molecule has 0 fully saturated rings. The molecule has 0 radical (unpaired) electrons. The quantitative estimate of drug-likeness (QED) is 0.676. The number of benzene rings is 2. The standard InChI is InChI=1S/C14H9BrCl2O/c1-8-3-2-4-11(13(8)15)14(18)10-6-5-9(16)7-12(10)17/h2-7H,1H3. The van der Waals surface area contributed by atoms with Crippen LogP contribution in [0.5, 0.6) is 0 Å². The van der Waals surface area contributed by atoms with Crippen molar-refractivity contribution in [2.75, 3.05) is 0 Å². The largest absolute Gasteiger partial charge is 0.289 e. The average Bonchev–Trinajstić information content (AvgIpc) is 2.32. The zero-order chi connectivity index (χ0) is 13.3. The van der Waals surface area contributed by atoms with Crippen molar-refractivity contribution in [2.45, 2.75) is 6.92 Å². The van der Waals surface area contributed by atoms with E-state index in [4.69, 9.17) is 23.2 Å². The van der Waals surface area contributed by atoms with Crippen LogP contribution in [0.4, 0.5) is 0 Å². The van der Waals surface area contributed by atoms with Gasteiger partial charge < -0.3 is 0 Å². The molecule has 0 heterocycles. The van der Waals surface area contributed by atoms with E-state index in [0.29, 0.717) is 21.2 Å². The maximum absolute atomic E-state index is 12.4. The summed E-state index contributed by atoms with van der Waals surface area (Å²) in [4.78, 5) is 12.4. The van der Waals surface area contributed by atoms with Crippen LogP contribution in [0, 0.1) is 6.92 Å². The molecule has 2 rings (SSSR count). The van der Waals surface area contributed by atoms with Gasteiger partial charge in [0.2, 0.25) is 0 Å². The van der Waals surface area contributed by atoms with Gasteiger partial charge in [-0.1, -0.05) is 35.3 Å². The van der Waals surface area contributed by atoms with Crippen LogP contribution in [-0.2, 0) is 0 Å². The first-order valence-electron chi connectivity index (χ1n) is 5.25. The second-order valence-corrected chi connectivity index (χ2v) is 5.53. The van der Waals surface area contributed by atoms with Gasteiger partial charge in [-0.3, -0.25) is 4.79 Å². The molecule has 0 saturated carbocycles. The lowest BCUT2D eigenvalue weighted by Crippen LogP contribution is -2.03. The van der Waals surface area contributed by atoms with Crippen molar-refractivity contribution in [3.63, 3.8) is 0 Å². The van der Waals surface area contributed by atoms with Crippen molar-refractivity contribution in [1.29, 1.82) is 0 Å². The summed E-state index contributed by atoms with van der Waals surface area (Å²) < 4.78 is 0.793. The van der Waals surface area contributed by atoms with Gasteiger partial charge >= 0.3 is 0 Å². The molecule has 0 atom stereocenters. The van der Waals surface area contributed by atoms with Gasteiger partial charge in [0.1, 0.15) is 0 Å². The molecule has 0 amide bonds. The van der Waals surface area contributed by atoms with Crippen molar-refractivity contribution in [1.82, 2.24) is 0 Å². The van der Waals surface area contributed by atoms with E-state index < -0.39 is 0 Å². The number of hydrogen-bond donors (Lipinski definition) is 0. The first-order valence-corrected chi connectivity index (χ1v) is 6.80. The summed E-state index contributed by atoms with van der Waals surface area (Å²) in [6, 6.07) is 10.4. The molecular formula is C14H9BrCl2O. The molecule has 0 bridgehead atoms. The van der Waals surface area contributed by atoms with Crippen molar-refractivity contribution in [3.05, 3.63) is 67.6 Å². The summed E-state index contributed by atoms with van der Waals surface area (Å²) in [6.07, 6.45) is 0. The molecule has 0 aliphatic heterocycles. The van der Waals surface area contributed by atoms with Crippen LogP contribution in [0.15, 0.2) is 40.9 Å². The number of carbonyl (C=O) groups excluding carboxylic acids is 1. The predicted octanol–water partition coefficient (Wildman–Crippen LogP) is 5.30. The molecule has 0 spiro atoms. The van der Waals surface area contributed by atoms with Crippen molar-refractivity contribution >= 4 is 44.9 Å². The fourth-order valence-electron chi connectivity index (χ4n) is 1.64. The van der Waals surface area contributed by atoms with Crippen LogP contribution in [0.25, 0.3) is 0 Å². The Labute approximate surface area is 124 Å². The maximum atomic E-state index is 12.4. The molecule has 0 aliphatic carbocycles. The molecule has 1 nitrogen and oxygen atoms in total. The Hall–Kier alpha value is -0.830. The third-order valence-electron chi connectivity index (χ3n) is 2.61. The third-order valence-corrected chi connectivity index (χ3v) is 4.21. The first-order chi connectivity index (χ1) is 8.50. The zero-order valence-electron chi connectivity index (χ0n) is 9.51. The molecule has 2 aromatic rings. The van der Waals surface area contributed by atoms with E-state index in [1.807, 2.05) is 19.1 Å². The summed E-state index contributed by atoms with van der Waals surface area (Å²) in [7, 11) is 0. The Morgan fingerprint density at radius 1 is 1.11 bits per heavy atom. The van der Waals surface area contributed by atoms with Crippen LogP contribution in [0.3, 0.4) is 0 Å². The Morgan fingerprint density at radius 2 is 1.83 bits per heavy atom. The normalized spacial score (nSPS) is 10.4. The van der Waals surface area contributed by atoms with Gasteiger partial charge in [-0.2, -0.15) is 0 Å². The van der Waals surface area contributed by atoms with E-state index in [1.54, 1.807) is 24.3 Å². The fourth-order valence-corrected chi connectivity index (χ4v) is 2.58. The SMILES string of the molecule is Cc1cccc(C(=O)c2ccc(Cl)cc2Cl)c1Br. The average molecular weight is 344 g/mol. The van der Waals surface area contributed by atoms with Crippen LogP contribution in [0.2, 0.25) is 10.0 Å². The molecule has 4 heteroatoms. The molecule has 2 aromatic carbocycles. The molecule has 0 aromatic heterocycles. The third kappa shape index (κ3) is 2.61. The summed E-state index contributed by atoms with van der Waals surface area (Å²) in [5, 5.41) is 0.876. The minimum Gasteiger partial charge on any atom is -0.289 e. The Kier molecular flexibility index (Phi) is 4.10. The van der Waals surface area contributed by atoms with Gasteiger partial charge in [0.25, 0.3) is 0 Å². The van der Waals surface area contributed by atoms with Gasteiger partial charge in [-0.25, -0.2) is 0 Å². The minimum absolute atomic E-state index is 0.118. The Bertz CT molecular complexity index is 623. The summed E-state index contributed by atoms with van der Waals surface area (Å²) >= 11 is 15.3. The number of hydrogen-bond acceptors (Lipinski definition) is 1. The van der Waals surface area contributed by atoms with Crippen LogP contribution in [0.1, 0.15) is 21.5 Å². The summed E-state index contributed by atoms with van der Waals surface area (Å²) in [5.74, 6) is -0.118. The first kappa shape index (κ1) is 13.6. The minimum atomic E-state index is -0.118. The molecule has 0 N–H and O–H groups in total. The van der Waals surface area contributed by atoms with Crippen molar-refractivity contribution in [3.8, 4) is 0 Å². The van der Waals surface area contributed by atoms with Crippen molar-refractivity contribution < 1.29 is 4.79 Å². The van der Waals surface area contributed by atoms with E-state index in [9.17, 15) is 4.79 Å². The molecular weight excluding hydrogens is 335 g/mol. The lowest BCUT2D eigenvalue weighted by atomic mass is 10.0. The number of halogens is 3. The van der Waals surface area contributed by atoms with Gasteiger partial charge in [0, 0.05) is 20.6 Å². The van der Waals surface area contributed by atoms with E-state index in [1.165, 1.54) is 0 Å². The molecule has 0 saturated heterocycles. The van der Waals surface area contributed by atoms with E-state index >= 15 is 0 Å². The highest BCUT2D eigenvalue weighted by Crippen LogP contribution is 2.28. The highest BCUT2D eigenvalue weighted by atomic mass is 79.9. The molecule has 18 heavy (non-hydrogen) atoms. The fraction of sp³-hybridized carbons (Fsp3) is 0.0714. The number of carbonyl (C=O) groups is 1. The topological polar surface area (TPSA) is 17.1 Å². The number of rotatable bonds is 2. The zero-order valence-corrected chi connectivity index (χ0v) is 12.6. The lowest BCUT2D eigenvalue weighted by Gasteiger charge is -2.08. The van der Waals surface area contributed by atoms with E-state index in [-0.39, 0.29) is 5.78 Å². The lowest BCUT2D eigenvalue weighted by molar-refractivity contribution is 0.103. The van der Waals surface area contributed by atoms with Gasteiger partial charge in [0.15, 0.2) is 5.78 Å². The van der Waals surface area contributed by atoms with Crippen molar-refractivity contribution in [2.24, 2.45) is 0 Å². The van der Waals surface area contributed by atoms with E-state index in [0.717, 1.165) is 10.0 Å². The molecule has 0 unspecified atom stereocenters. The second-order valence-electron chi connectivity index (χ2n) is 3.89. The van der Waals surface area contributed by atoms with Crippen LogP contribution < -0.4 is 0 Å². The molecule has 0 aliphatic rings. The summed E-state index contributed by atoms with van der Waals surface area (Å²) in [6.45, 7) is 1.93. The molecule has 92 valence electrons. The predicted molar refractivity (Wildman–Crippen MR) is 78.8 cm³/mol.